The molecule has 0 N–H and O–H groups in total. The predicted octanol–water partition coefficient (Wildman–Crippen LogP) is 1.35. The normalized spacial score (nSPS) is 22.9. The number of allylic oxidation sites excluding steroid dienone is 1. The van der Waals surface area contributed by atoms with E-state index in [1.807, 2.05) is 0 Å². The summed E-state index contributed by atoms with van der Waals surface area (Å²) in [6.45, 7) is 0.479. The molecule has 0 radical (unpaired) electrons. The molecule has 0 atom stereocenters. The van der Waals surface area contributed by atoms with E-state index in [-0.39, 0.29) is 12.2 Å². The molecule has 1 aliphatic rings. The maximum Gasteiger partial charge on any atom is 0.337 e. The van der Waals surface area contributed by atoms with Crippen LogP contribution >= 0.6 is 0 Å². The topological polar surface area (TPSA) is 52.6 Å². The Bertz CT molecular complexity index is 414. The number of hydrogen-bond donors (Lipinski definition) is 0. The minimum atomic E-state index is -2.54. The fraction of sp³-hybridized carbons (Fsp3) is 0.500. The van der Waals surface area contributed by atoms with E-state index in [9.17, 15) is 9.59 Å². The van der Waals surface area contributed by atoms with Crippen LogP contribution in [-0.2, 0) is 19.1 Å². The van der Waals surface area contributed by atoms with Crippen molar-refractivity contribution in [2.45, 2.75) is 32.9 Å². The molecule has 4 heteroatoms. The fourth-order valence-corrected chi connectivity index (χ4v) is 1.07. The molecule has 0 bridgehead atoms. The monoisotopic (exact) mass is 199 g/mol. The van der Waals surface area contributed by atoms with Gasteiger partial charge in [0.2, 0.25) is 5.79 Å². The van der Waals surface area contributed by atoms with Crippen LogP contribution in [0.4, 0.5) is 0 Å². The summed E-state index contributed by atoms with van der Waals surface area (Å²) in [6.07, 6.45) is 0.743. The molecule has 0 saturated heterocycles. The molecule has 0 aromatic rings. The van der Waals surface area contributed by atoms with Crippen LogP contribution in [-0.4, -0.2) is 17.7 Å². The van der Waals surface area contributed by atoms with Gasteiger partial charge in [0.25, 0.3) is 0 Å². The van der Waals surface area contributed by atoms with Crippen molar-refractivity contribution in [1.82, 2.24) is 0 Å². The van der Waals surface area contributed by atoms with Crippen molar-refractivity contribution >= 4 is 11.9 Å². The second-order valence-corrected chi connectivity index (χ2v) is 3.29. The molecule has 0 aromatic carbocycles. The zero-order valence-electron chi connectivity index (χ0n) is 10.9. The summed E-state index contributed by atoms with van der Waals surface area (Å²) in [4.78, 5) is 21.7. The maximum atomic E-state index is 11.2. The molecule has 1 rings (SSSR count). The van der Waals surface area contributed by atoms with Crippen LogP contribution in [0.3, 0.4) is 0 Å². The van der Waals surface area contributed by atoms with Crippen molar-refractivity contribution in [2.24, 2.45) is 0 Å². The summed E-state index contributed by atoms with van der Waals surface area (Å²) < 4.78 is 31.3. The number of cyclic esters (lactones) is 1. The predicted molar refractivity (Wildman–Crippen MR) is 48.8 cm³/mol. The van der Waals surface area contributed by atoms with Crippen LogP contribution in [0, 0.1) is 0 Å². The third-order valence-electron chi connectivity index (χ3n) is 1.48. The van der Waals surface area contributed by atoms with Gasteiger partial charge in [0.15, 0.2) is 0 Å². The van der Waals surface area contributed by atoms with E-state index in [0.29, 0.717) is 0 Å². The molecule has 1 heterocycles. The molecule has 0 aromatic heterocycles. The van der Waals surface area contributed by atoms with E-state index in [4.69, 9.17) is 13.6 Å². The van der Waals surface area contributed by atoms with Gasteiger partial charge in [0.05, 0.1) is 6.08 Å². The minimum absolute atomic E-state index is 0.0840. The molecule has 0 amide bonds. The SMILES string of the molecule is [2H]C([2H])([2H])C(=C=O)CC1=CC(=O)OC(C)(C)O1. The molecule has 4 nitrogen and oxygen atoms in total. The molecule has 14 heavy (non-hydrogen) atoms. The summed E-state index contributed by atoms with van der Waals surface area (Å²) >= 11 is 0. The summed E-state index contributed by atoms with van der Waals surface area (Å²) in [5.74, 6) is -0.348. The first kappa shape index (κ1) is 6.85. The zero-order valence-corrected chi connectivity index (χ0v) is 7.92. The Hall–Kier alpha value is -1.54. The number of carbonyl (C=O) groups is 1. The zero-order chi connectivity index (χ0) is 13.3. The van der Waals surface area contributed by atoms with E-state index in [2.05, 4.69) is 0 Å². The fourth-order valence-electron chi connectivity index (χ4n) is 1.07. The Labute approximate surface area is 86.4 Å². The average Bonchev–Trinajstić information content (AvgIpc) is 2.08. The lowest BCUT2D eigenvalue weighted by atomic mass is 10.2. The van der Waals surface area contributed by atoms with E-state index >= 15 is 0 Å². The number of ether oxygens (including phenoxy) is 2. The Morgan fingerprint density at radius 2 is 2.36 bits per heavy atom. The lowest BCUT2D eigenvalue weighted by Crippen LogP contribution is -2.34. The van der Waals surface area contributed by atoms with Gasteiger partial charge in [-0.25, -0.2) is 9.59 Å². The van der Waals surface area contributed by atoms with Crippen LogP contribution in [0.2, 0.25) is 0 Å². The van der Waals surface area contributed by atoms with E-state index in [1.54, 1.807) is 0 Å². The highest BCUT2D eigenvalue weighted by Crippen LogP contribution is 2.25. The smallest absolute Gasteiger partial charge is 0.337 e. The number of esters is 1. The van der Waals surface area contributed by atoms with Crippen molar-refractivity contribution in [3.63, 3.8) is 0 Å². The van der Waals surface area contributed by atoms with Crippen molar-refractivity contribution < 1.29 is 23.2 Å². The molecule has 0 saturated carbocycles. The third-order valence-corrected chi connectivity index (χ3v) is 1.48. The highest BCUT2D eigenvalue weighted by atomic mass is 16.7. The van der Waals surface area contributed by atoms with Gasteiger partial charge < -0.3 is 9.47 Å². The van der Waals surface area contributed by atoms with Gasteiger partial charge in [0.1, 0.15) is 11.7 Å². The van der Waals surface area contributed by atoms with Gasteiger partial charge in [0, 0.05) is 30.0 Å². The Morgan fingerprint density at radius 1 is 1.64 bits per heavy atom. The summed E-state index contributed by atoms with van der Waals surface area (Å²) in [7, 11) is 0. The van der Waals surface area contributed by atoms with Crippen molar-refractivity contribution in [2.75, 3.05) is 0 Å². The number of hydrogen-bond acceptors (Lipinski definition) is 4. The van der Waals surface area contributed by atoms with Crippen LogP contribution in [0.5, 0.6) is 0 Å². The van der Waals surface area contributed by atoms with Gasteiger partial charge in [-0.2, -0.15) is 0 Å². The average molecular weight is 199 g/mol. The van der Waals surface area contributed by atoms with Gasteiger partial charge in [-0.15, -0.1) is 0 Å². The highest BCUT2D eigenvalue weighted by Gasteiger charge is 2.29. The lowest BCUT2D eigenvalue weighted by Gasteiger charge is -2.30. The van der Waals surface area contributed by atoms with E-state index < -0.39 is 24.2 Å². The van der Waals surface area contributed by atoms with E-state index in [1.165, 1.54) is 19.8 Å². The Balaban J connectivity index is 2.89. The molecule has 76 valence electrons. The molecule has 0 aliphatic carbocycles. The summed E-state index contributed by atoms with van der Waals surface area (Å²) in [5, 5.41) is 0. The van der Waals surface area contributed by atoms with Crippen molar-refractivity contribution in [3.05, 3.63) is 17.4 Å². The van der Waals surface area contributed by atoms with Gasteiger partial charge in [-0.1, -0.05) is 0 Å². The Kier molecular flexibility index (Phi) is 1.80. The molecule has 0 fully saturated rings. The highest BCUT2D eigenvalue weighted by molar-refractivity contribution is 5.83. The third kappa shape index (κ3) is 2.75. The molecular weight excluding hydrogens is 184 g/mol. The number of rotatable bonds is 2. The lowest BCUT2D eigenvalue weighted by molar-refractivity contribution is -0.205. The molecular formula is C10H12O4. The van der Waals surface area contributed by atoms with Crippen LogP contribution < -0.4 is 0 Å². The molecule has 0 unspecified atom stereocenters. The summed E-state index contributed by atoms with van der Waals surface area (Å²) in [5.41, 5.74) is -0.436. The largest absolute Gasteiger partial charge is 0.457 e. The first-order valence-electron chi connectivity index (χ1n) is 5.51. The van der Waals surface area contributed by atoms with E-state index in [0.717, 1.165) is 6.08 Å². The van der Waals surface area contributed by atoms with Crippen LogP contribution in [0.15, 0.2) is 17.4 Å². The second kappa shape index (κ2) is 3.68. The van der Waals surface area contributed by atoms with Crippen molar-refractivity contribution in [1.29, 1.82) is 0 Å². The van der Waals surface area contributed by atoms with Crippen molar-refractivity contribution in [3.8, 4) is 0 Å². The maximum absolute atomic E-state index is 11.2. The van der Waals surface area contributed by atoms with Crippen LogP contribution in [0.25, 0.3) is 0 Å². The quantitative estimate of drug-likeness (QED) is 0.497. The van der Waals surface area contributed by atoms with Gasteiger partial charge in [-0.05, 0) is 6.85 Å². The first-order chi connectivity index (χ1) is 7.64. The second-order valence-electron chi connectivity index (χ2n) is 3.29. The minimum Gasteiger partial charge on any atom is -0.457 e. The molecule has 1 aliphatic heterocycles. The number of carbonyl (C=O) groups excluding carboxylic acids is 2. The van der Waals surface area contributed by atoms with Gasteiger partial charge >= 0.3 is 5.97 Å². The van der Waals surface area contributed by atoms with Gasteiger partial charge in [-0.3, -0.25) is 0 Å². The Morgan fingerprint density at radius 3 is 2.86 bits per heavy atom. The summed E-state index contributed by atoms with van der Waals surface area (Å²) in [6, 6.07) is 0. The standard InChI is InChI=1S/C10H12O4/c1-7(6-11)4-8-5-9(12)14-10(2,3)13-8/h5H,4H2,1-3H3/i1D3. The van der Waals surface area contributed by atoms with Crippen LogP contribution in [0.1, 0.15) is 31.2 Å². The molecule has 0 spiro atoms. The first-order valence-corrected chi connectivity index (χ1v) is 4.01.